The van der Waals surface area contributed by atoms with E-state index in [1.807, 2.05) is 6.92 Å². The van der Waals surface area contributed by atoms with Crippen molar-refractivity contribution in [3.8, 4) is 0 Å². The number of benzene rings is 1. The van der Waals surface area contributed by atoms with Gasteiger partial charge in [-0.05, 0) is 31.5 Å². The summed E-state index contributed by atoms with van der Waals surface area (Å²) in [6.07, 6.45) is 0.710. The Morgan fingerprint density at radius 3 is 2.53 bits per heavy atom. The maximum atomic E-state index is 12.9. The number of Topliss-reactive ketones (excluding diaryl/α,β-unsaturated/α-hetero) is 1. The fourth-order valence-corrected chi connectivity index (χ4v) is 2.51. The van der Waals surface area contributed by atoms with E-state index in [4.69, 9.17) is 0 Å². The summed E-state index contributed by atoms with van der Waals surface area (Å²) in [5.41, 5.74) is 0.0563. The highest BCUT2D eigenvalue weighted by atomic mass is 32.2. The molecule has 2 unspecified atom stereocenters. The summed E-state index contributed by atoms with van der Waals surface area (Å²) in [7, 11) is -1.27. The highest BCUT2D eigenvalue weighted by Gasteiger charge is 2.21. The Hall–Kier alpha value is -1.10. The highest BCUT2D eigenvalue weighted by molar-refractivity contribution is 7.86. The van der Waals surface area contributed by atoms with E-state index in [9.17, 15) is 17.8 Å². The number of rotatable bonds is 5. The fourth-order valence-electron chi connectivity index (χ4n) is 1.38. The normalized spacial score (nSPS) is 14.4. The molecule has 2 atom stereocenters. The molecule has 2 nitrogen and oxygen atoms in total. The van der Waals surface area contributed by atoms with Crippen molar-refractivity contribution in [2.45, 2.75) is 25.5 Å². The van der Waals surface area contributed by atoms with Gasteiger partial charge in [0.05, 0.1) is 5.25 Å². The predicted octanol–water partition coefficient (Wildman–Crippen LogP) is 2.69. The fraction of sp³-hybridized carbons (Fsp3) is 0.417. The van der Waals surface area contributed by atoms with Gasteiger partial charge in [-0.1, -0.05) is 6.92 Å². The number of carbonyl (C=O) groups excluding carboxylic acids is 1. The van der Waals surface area contributed by atoms with Crippen LogP contribution in [0.4, 0.5) is 8.78 Å². The van der Waals surface area contributed by atoms with E-state index in [-0.39, 0.29) is 5.56 Å². The monoisotopic (exact) mass is 260 g/mol. The average Bonchev–Trinajstić information content (AvgIpc) is 2.31. The molecule has 0 spiro atoms. The van der Waals surface area contributed by atoms with Crippen molar-refractivity contribution in [2.75, 3.05) is 5.75 Å². The molecule has 0 heterocycles. The molecule has 1 aromatic rings. The molecule has 0 aliphatic heterocycles. The Bertz CT molecular complexity index is 446. The molecule has 0 aliphatic carbocycles. The molecular formula is C12H14F2O2S. The largest absolute Gasteiger partial charge is 0.293 e. The van der Waals surface area contributed by atoms with Crippen LogP contribution in [0.3, 0.4) is 0 Å². The molecule has 1 aromatic carbocycles. The minimum Gasteiger partial charge on any atom is -0.293 e. The number of ketones is 1. The summed E-state index contributed by atoms with van der Waals surface area (Å²) < 4.78 is 37.3. The van der Waals surface area contributed by atoms with Gasteiger partial charge in [0.15, 0.2) is 17.4 Å². The maximum Gasteiger partial charge on any atom is 0.178 e. The van der Waals surface area contributed by atoms with Crippen molar-refractivity contribution in [1.82, 2.24) is 0 Å². The van der Waals surface area contributed by atoms with Gasteiger partial charge in [-0.2, -0.15) is 0 Å². The SMILES string of the molecule is CCCS(=O)C(C)C(=O)c1ccc(F)c(F)c1. The summed E-state index contributed by atoms with van der Waals surface area (Å²) in [6, 6.07) is 2.95. The predicted molar refractivity (Wildman–Crippen MR) is 63.5 cm³/mol. The number of halogens is 2. The van der Waals surface area contributed by atoms with Crippen molar-refractivity contribution < 1.29 is 17.8 Å². The van der Waals surface area contributed by atoms with E-state index >= 15 is 0 Å². The first-order valence-electron chi connectivity index (χ1n) is 5.33. The van der Waals surface area contributed by atoms with Crippen molar-refractivity contribution in [2.24, 2.45) is 0 Å². The van der Waals surface area contributed by atoms with Crippen LogP contribution in [-0.2, 0) is 10.8 Å². The van der Waals surface area contributed by atoms with E-state index < -0.39 is 33.5 Å². The minimum atomic E-state index is -1.27. The van der Waals surface area contributed by atoms with Gasteiger partial charge in [0.2, 0.25) is 0 Å². The average molecular weight is 260 g/mol. The van der Waals surface area contributed by atoms with Crippen molar-refractivity contribution in [3.63, 3.8) is 0 Å². The van der Waals surface area contributed by atoms with E-state index in [1.54, 1.807) is 0 Å². The first-order chi connectivity index (χ1) is 7.97. The third-order valence-electron chi connectivity index (χ3n) is 2.37. The molecule has 94 valence electrons. The number of carbonyl (C=O) groups is 1. The van der Waals surface area contributed by atoms with Crippen LogP contribution in [0.15, 0.2) is 18.2 Å². The lowest BCUT2D eigenvalue weighted by Gasteiger charge is -2.09. The summed E-state index contributed by atoms with van der Waals surface area (Å²) in [6.45, 7) is 3.40. The third kappa shape index (κ3) is 3.43. The molecule has 0 fully saturated rings. The second-order valence-electron chi connectivity index (χ2n) is 3.72. The van der Waals surface area contributed by atoms with Crippen LogP contribution in [0.25, 0.3) is 0 Å². The molecule has 0 amide bonds. The molecule has 5 heteroatoms. The van der Waals surface area contributed by atoms with Crippen LogP contribution >= 0.6 is 0 Å². The Morgan fingerprint density at radius 2 is 2.00 bits per heavy atom. The summed E-state index contributed by atoms with van der Waals surface area (Å²) in [4.78, 5) is 11.8. The lowest BCUT2D eigenvalue weighted by Crippen LogP contribution is -2.24. The van der Waals surface area contributed by atoms with E-state index in [1.165, 1.54) is 13.0 Å². The zero-order valence-electron chi connectivity index (χ0n) is 9.70. The highest BCUT2D eigenvalue weighted by Crippen LogP contribution is 2.13. The second kappa shape index (κ2) is 6.00. The van der Waals surface area contributed by atoms with E-state index in [0.29, 0.717) is 12.2 Å². The third-order valence-corrected chi connectivity index (χ3v) is 4.19. The second-order valence-corrected chi connectivity index (χ2v) is 5.60. The van der Waals surface area contributed by atoms with Crippen molar-refractivity contribution >= 4 is 16.6 Å². The van der Waals surface area contributed by atoms with Crippen LogP contribution in [-0.4, -0.2) is 21.0 Å². The summed E-state index contributed by atoms with van der Waals surface area (Å²) in [5, 5.41) is -0.695. The zero-order chi connectivity index (χ0) is 13.0. The van der Waals surface area contributed by atoms with Gasteiger partial charge in [0.1, 0.15) is 0 Å². The van der Waals surface area contributed by atoms with Gasteiger partial charge in [-0.3, -0.25) is 9.00 Å². The van der Waals surface area contributed by atoms with Gasteiger partial charge in [-0.15, -0.1) is 0 Å². The van der Waals surface area contributed by atoms with Crippen molar-refractivity contribution in [1.29, 1.82) is 0 Å². The minimum absolute atomic E-state index is 0.0563. The number of hydrogen-bond acceptors (Lipinski definition) is 2. The van der Waals surface area contributed by atoms with Crippen LogP contribution in [0.2, 0.25) is 0 Å². The van der Waals surface area contributed by atoms with Crippen LogP contribution in [0.1, 0.15) is 30.6 Å². The molecule has 1 rings (SSSR count). The molecule has 0 aliphatic rings. The molecular weight excluding hydrogens is 246 g/mol. The molecule has 0 saturated carbocycles. The summed E-state index contributed by atoms with van der Waals surface area (Å²) >= 11 is 0. The van der Waals surface area contributed by atoms with Crippen molar-refractivity contribution in [3.05, 3.63) is 35.4 Å². The lowest BCUT2D eigenvalue weighted by molar-refractivity contribution is 0.0992. The van der Waals surface area contributed by atoms with Crippen LogP contribution in [0, 0.1) is 11.6 Å². The first-order valence-corrected chi connectivity index (χ1v) is 6.72. The molecule has 17 heavy (non-hydrogen) atoms. The topological polar surface area (TPSA) is 34.1 Å². The van der Waals surface area contributed by atoms with Crippen LogP contribution in [0.5, 0.6) is 0 Å². The maximum absolute atomic E-state index is 12.9. The molecule has 0 aromatic heterocycles. The van der Waals surface area contributed by atoms with Gasteiger partial charge in [-0.25, -0.2) is 8.78 Å². The van der Waals surface area contributed by atoms with E-state index in [2.05, 4.69) is 0 Å². The Balaban J connectivity index is 2.89. The quantitative estimate of drug-likeness (QED) is 0.763. The molecule has 0 radical (unpaired) electrons. The summed E-state index contributed by atoms with van der Waals surface area (Å²) in [5.74, 6) is -2.06. The van der Waals surface area contributed by atoms with Crippen LogP contribution < -0.4 is 0 Å². The first kappa shape index (κ1) is 14.0. The molecule has 0 bridgehead atoms. The molecule has 0 N–H and O–H groups in total. The van der Waals surface area contributed by atoms with Gasteiger partial charge >= 0.3 is 0 Å². The number of hydrogen-bond donors (Lipinski definition) is 0. The zero-order valence-corrected chi connectivity index (χ0v) is 10.5. The Labute approximate surface area is 101 Å². The Morgan fingerprint density at radius 1 is 1.35 bits per heavy atom. The van der Waals surface area contributed by atoms with E-state index in [0.717, 1.165) is 12.1 Å². The Kier molecular flexibility index (Phi) is 4.93. The van der Waals surface area contributed by atoms with Gasteiger partial charge in [0, 0.05) is 22.1 Å². The lowest BCUT2D eigenvalue weighted by atomic mass is 10.1. The van der Waals surface area contributed by atoms with Gasteiger partial charge in [0.25, 0.3) is 0 Å². The van der Waals surface area contributed by atoms with Gasteiger partial charge < -0.3 is 0 Å². The smallest absolute Gasteiger partial charge is 0.178 e. The molecule has 0 saturated heterocycles. The standard InChI is InChI=1S/C12H14F2O2S/c1-3-6-17(16)8(2)12(15)9-4-5-10(13)11(14)7-9/h4-5,7-8H,3,6H2,1-2H3.